The van der Waals surface area contributed by atoms with Crippen LogP contribution < -0.4 is 16.0 Å². The molecule has 0 spiro atoms. The second kappa shape index (κ2) is 15.1. The molecule has 2 aliphatic rings. The number of hydrogen-bond donors (Lipinski definition) is 3. The molecule has 2 amide bonds. The van der Waals surface area contributed by atoms with Crippen LogP contribution in [0.1, 0.15) is 55.6 Å². The number of amides is 2. The Morgan fingerprint density at radius 2 is 1.84 bits per heavy atom. The van der Waals surface area contributed by atoms with Crippen LogP contribution in [0.5, 0.6) is 0 Å². The fraction of sp³-hybridized carbons (Fsp3) is 0.389. The Kier molecular flexibility index (Phi) is 10.7. The maximum absolute atomic E-state index is 14.3. The number of hydrogen-bond acceptors (Lipinski definition) is 8. The molecule has 0 bridgehead atoms. The van der Waals surface area contributed by atoms with Crippen LogP contribution in [0.4, 0.5) is 15.8 Å². The van der Waals surface area contributed by atoms with Crippen molar-refractivity contribution < 1.29 is 23.5 Å². The summed E-state index contributed by atoms with van der Waals surface area (Å²) in [5.41, 5.74) is 7.14. The number of fused-ring (bicyclic) bond motifs is 1. The summed E-state index contributed by atoms with van der Waals surface area (Å²) in [5.74, 6) is -0.392. The number of nitrogens with zero attached hydrogens (tertiary/aromatic N) is 4. The quantitative estimate of drug-likeness (QED) is 0.205. The normalized spacial score (nSPS) is 17.8. The molecule has 0 aliphatic carbocycles. The van der Waals surface area contributed by atoms with Crippen LogP contribution in [0, 0.1) is 6.92 Å². The number of methoxy groups -OCH3 is 1. The molecule has 2 aromatic carbocycles. The number of rotatable bonds is 10. The first-order valence-corrected chi connectivity index (χ1v) is 16.7. The number of imidazole rings is 1. The Balaban J connectivity index is 1.18. The van der Waals surface area contributed by atoms with Gasteiger partial charge in [0.05, 0.1) is 29.6 Å². The number of ether oxygens (including phenoxy) is 2. The molecule has 4 heterocycles. The summed E-state index contributed by atoms with van der Waals surface area (Å²) in [7, 11) is 5.48. The van der Waals surface area contributed by atoms with Gasteiger partial charge < -0.3 is 34.9 Å². The van der Waals surface area contributed by atoms with Gasteiger partial charge in [0.25, 0.3) is 11.8 Å². The van der Waals surface area contributed by atoms with E-state index in [1.165, 1.54) is 0 Å². The Morgan fingerprint density at radius 1 is 1.08 bits per heavy atom. The predicted octanol–water partition coefficient (Wildman–Crippen LogP) is 5.30. The second-order valence-corrected chi connectivity index (χ2v) is 12.9. The van der Waals surface area contributed by atoms with Crippen LogP contribution in [-0.4, -0.2) is 77.4 Å². The van der Waals surface area contributed by atoms with Gasteiger partial charge in [-0.15, -0.1) is 0 Å². The van der Waals surface area contributed by atoms with Gasteiger partial charge in [-0.1, -0.05) is 35.9 Å². The van der Waals surface area contributed by atoms with Crippen molar-refractivity contribution in [2.75, 3.05) is 44.5 Å². The third-order valence-electron chi connectivity index (χ3n) is 9.23. The van der Waals surface area contributed by atoms with Crippen molar-refractivity contribution in [3.05, 3.63) is 93.3 Å². The van der Waals surface area contributed by atoms with Crippen LogP contribution in [-0.2, 0) is 42.6 Å². The lowest BCUT2D eigenvalue weighted by Gasteiger charge is -2.27. The zero-order valence-electron chi connectivity index (χ0n) is 28.1. The standard InChI is InChI=1S/C36H41ClFN7O4/c1-21-24(25-8-6-10-29(33(25)37)43-36(47)34-41-31-18-44(2)13-11-32(31)45(34)3)7-5-9-27(21)42-35(46)30-15-22(19-48-4)23(17-40-30)16-39-28-12-14-49-20-26(28)38/h5-10,15,17,26,28,39H,11-14,16,18-20H2,1-4H3,(H,42,46)(H,43,47)/t26-,28+/m0/s1. The molecule has 2 atom stereocenters. The van der Waals surface area contributed by atoms with Gasteiger partial charge in [-0.2, -0.15) is 0 Å². The summed E-state index contributed by atoms with van der Waals surface area (Å²) in [4.78, 5) is 38.0. The van der Waals surface area contributed by atoms with Crippen molar-refractivity contribution in [2.45, 2.75) is 51.7 Å². The van der Waals surface area contributed by atoms with Crippen molar-refractivity contribution in [3.8, 4) is 11.1 Å². The number of benzene rings is 2. The van der Waals surface area contributed by atoms with Crippen molar-refractivity contribution >= 4 is 34.8 Å². The van der Waals surface area contributed by atoms with Crippen LogP contribution >= 0.6 is 11.6 Å². The van der Waals surface area contributed by atoms with Gasteiger partial charge in [-0.05, 0) is 60.8 Å². The van der Waals surface area contributed by atoms with E-state index >= 15 is 0 Å². The lowest BCUT2D eigenvalue weighted by molar-refractivity contribution is 0.0135. The highest BCUT2D eigenvalue weighted by atomic mass is 35.5. The summed E-state index contributed by atoms with van der Waals surface area (Å²) in [6.45, 7) is 4.77. The van der Waals surface area contributed by atoms with E-state index in [0.717, 1.165) is 46.6 Å². The summed E-state index contributed by atoms with van der Waals surface area (Å²) >= 11 is 6.92. The van der Waals surface area contributed by atoms with Crippen LogP contribution in [0.15, 0.2) is 48.7 Å². The van der Waals surface area contributed by atoms with E-state index < -0.39 is 6.17 Å². The van der Waals surface area contributed by atoms with Crippen molar-refractivity contribution in [1.82, 2.24) is 24.8 Å². The van der Waals surface area contributed by atoms with Crippen molar-refractivity contribution in [3.63, 3.8) is 0 Å². The van der Waals surface area contributed by atoms with Gasteiger partial charge in [0, 0.05) is 76.0 Å². The predicted molar refractivity (Wildman–Crippen MR) is 187 cm³/mol. The van der Waals surface area contributed by atoms with Crippen molar-refractivity contribution in [1.29, 1.82) is 0 Å². The molecule has 3 N–H and O–H groups in total. The van der Waals surface area contributed by atoms with Gasteiger partial charge in [0.15, 0.2) is 5.82 Å². The Hall–Kier alpha value is -4.20. The average Bonchev–Trinajstić information content (AvgIpc) is 3.42. The molecule has 0 unspecified atom stereocenters. The molecule has 4 aromatic rings. The van der Waals surface area contributed by atoms with Crippen molar-refractivity contribution in [2.24, 2.45) is 7.05 Å². The van der Waals surface area contributed by atoms with E-state index in [1.54, 1.807) is 25.4 Å². The number of likely N-dealkylation sites (N-methyl/N-ethyl adjacent to an activating group) is 1. The SMILES string of the molecule is COCc1cc(C(=O)Nc2cccc(-c3cccc(NC(=O)c4nc5c(n4C)CCN(C)C5)c3Cl)c2C)ncc1CN[C@@H]1CCOC[C@@H]1F. The minimum Gasteiger partial charge on any atom is -0.380 e. The molecule has 6 rings (SSSR count). The van der Waals surface area contributed by atoms with Gasteiger partial charge in [-0.3, -0.25) is 14.6 Å². The number of carbonyl (C=O) groups excluding carboxylic acids is 2. The number of pyridine rings is 1. The highest BCUT2D eigenvalue weighted by molar-refractivity contribution is 6.36. The molecule has 2 aliphatic heterocycles. The number of halogens is 2. The average molecular weight is 690 g/mol. The summed E-state index contributed by atoms with van der Waals surface area (Å²) in [6.07, 6.45) is 1.97. The van der Waals surface area contributed by atoms with E-state index in [9.17, 15) is 14.0 Å². The summed E-state index contributed by atoms with van der Waals surface area (Å²) in [5, 5.41) is 9.56. The highest BCUT2D eigenvalue weighted by Crippen LogP contribution is 2.37. The third-order valence-corrected chi connectivity index (χ3v) is 9.63. The first kappa shape index (κ1) is 34.7. The molecule has 1 saturated heterocycles. The molecule has 11 nitrogen and oxygen atoms in total. The van der Waals surface area contributed by atoms with Crippen LogP contribution in [0.25, 0.3) is 11.1 Å². The fourth-order valence-corrected chi connectivity index (χ4v) is 6.67. The van der Waals surface area contributed by atoms with E-state index in [2.05, 4.69) is 30.8 Å². The molecule has 13 heteroatoms. The van der Waals surface area contributed by atoms with Gasteiger partial charge in [0.1, 0.15) is 11.9 Å². The minimum absolute atomic E-state index is 0.0837. The van der Waals surface area contributed by atoms with Gasteiger partial charge >= 0.3 is 0 Å². The van der Waals surface area contributed by atoms with E-state index in [1.807, 2.05) is 55.9 Å². The maximum Gasteiger partial charge on any atom is 0.291 e. The Morgan fingerprint density at radius 3 is 2.61 bits per heavy atom. The minimum atomic E-state index is -1.08. The molecular weight excluding hydrogens is 649 g/mol. The molecule has 0 radical (unpaired) electrons. The Bertz CT molecular complexity index is 1870. The molecule has 2 aromatic heterocycles. The number of nitrogens with one attached hydrogen (secondary N) is 3. The maximum atomic E-state index is 14.3. The Labute approximate surface area is 290 Å². The number of anilines is 2. The molecular formula is C36H41ClFN7O4. The monoisotopic (exact) mass is 689 g/mol. The third kappa shape index (κ3) is 7.53. The summed E-state index contributed by atoms with van der Waals surface area (Å²) < 4.78 is 26.7. The molecule has 258 valence electrons. The molecule has 0 saturated carbocycles. The fourth-order valence-electron chi connectivity index (χ4n) is 6.40. The first-order chi connectivity index (χ1) is 23.6. The number of carbonyl (C=O) groups is 2. The summed E-state index contributed by atoms with van der Waals surface area (Å²) in [6, 6.07) is 12.4. The molecule has 49 heavy (non-hydrogen) atoms. The zero-order chi connectivity index (χ0) is 34.7. The number of aromatic nitrogens is 3. The van der Waals surface area contributed by atoms with Crippen LogP contribution in [0.2, 0.25) is 5.02 Å². The second-order valence-electron chi connectivity index (χ2n) is 12.6. The topological polar surface area (TPSA) is 123 Å². The van der Waals surface area contributed by atoms with E-state index in [4.69, 9.17) is 21.1 Å². The zero-order valence-corrected chi connectivity index (χ0v) is 28.9. The van der Waals surface area contributed by atoms with Gasteiger partial charge in [0.2, 0.25) is 0 Å². The highest BCUT2D eigenvalue weighted by Gasteiger charge is 2.26. The van der Waals surface area contributed by atoms with E-state index in [-0.39, 0.29) is 36.8 Å². The lowest BCUT2D eigenvalue weighted by Crippen LogP contribution is -2.44. The first-order valence-electron chi connectivity index (χ1n) is 16.3. The smallest absolute Gasteiger partial charge is 0.291 e. The lowest BCUT2D eigenvalue weighted by atomic mass is 9.98. The van der Waals surface area contributed by atoms with E-state index in [0.29, 0.717) is 53.9 Å². The van der Waals surface area contributed by atoms with Gasteiger partial charge in [-0.25, -0.2) is 9.37 Å². The van der Waals surface area contributed by atoms with Crippen LogP contribution in [0.3, 0.4) is 0 Å². The number of alkyl halides is 1. The molecule has 1 fully saturated rings. The largest absolute Gasteiger partial charge is 0.380 e.